The number of aromatic nitrogens is 1. The topological polar surface area (TPSA) is 17.0 Å². The van der Waals surface area contributed by atoms with Gasteiger partial charge in [0.25, 0.3) is 0 Å². The first-order chi connectivity index (χ1) is 8.37. The average Bonchev–Trinajstić information content (AvgIpc) is 2.68. The zero-order valence-corrected chi connectivity index (χ0v) is 10.9. The molecule has 1 N–H and O–H groups in total. The van der Waals surface area contributed by atoms with Crippen molar-refractivity contribution < 1.29 is 8.78 Å². The molecule has 2 nitrogen and oxygen atoms in total. The summed E-state index contributed by atoms with van der Waals surface area (Å²) in [4.78, 5) is 0. The second kappa shape index (κ2) is 4.69. The first kappa shape index (κ1) is 13.0. The van der Waals surface area contributed by atoms with Gasteiger partial charge in [0.2, 0.25) is 0 Å². The molecule has 0 aliphatic carbocycles. The van der Waals surface area contributed by atoms with Crippen LogP contribution < -0.4 is 5.32 Å². The van der Waals surface area contributed by atoms with Crippen LogP contribution in [0.25, 0.3) is 10.9 Å². The van der Waals surface area contributed by atoms with Crippen molar-refractivity contribution in [3.63, 3.8) is 0 Å². The van der Waals surface area contributed by atoms with Crippen LogP contribution in [-0.4, -0.2) is 10.1 Å². The van der Waals surface area contributed by atoms with Crippen molar-refractivity contribution in [2.24, 2.45) is 0 Å². The molecule has 0 atom stereocenters. The summed E-state index contributed by atoms with van der Waals surface area (Å²) in [5.74, 6) is 0. The summed E-state index contributed by atoms with van der Waals surface area (Å²) in [6.45, 7) is 4.54. The van der Waals surface area contributed by atoms with E-state index in [0.29, 0.717) is 5.52 Å². The SMILES string of the molecule is CC(C)(C)NCc1ccc2c(ccn2C(F)F)c1. The molecular weight excluding hydrogens is 234 g/mol. The maximum atomic E-state index is 12.7. The highest BCUT2D eigenvalue weighted by atomic mass is 19.3. The van der Waals surface area contributed by atoms with Crippen LogP contribution in [0, 0.1) is 0 Å². The van der Waals surface area contributed by atoms with Gasteiger partial charge >= 0.3 is 6.55 Å². The zero-order chi connectivity index (χ0) is 13.3. The van der Waals surface area contributed by atoms with Gasteiger partial charge in [-0.05, 0) is 44.5 Å². The molecule has 0 bridgehead atoms. The Balaban J connectivity index is 2.24. The molecule has 0 aliphatic heterocycles. The van der Waals surface area contributed by atoms with Crippen molar-refractivity contribution in [1.29, 1.82) is 0 Å². The molecule has 1 aromatic heterocycles. The summed E-state index contributed by atoms with van der Waals surface area (Å²) >= 11 is 0. The Bertz CT molecular complexity index is 538. The third-order valence-electron chi connectivity index (χ3n) is 2.82. The Labute approximate surface area is 106 Å². The fourth-order valence-electron chi connectivity index (χ4n) is 1.86. The number of hydrogen-bond acceptors (Lipinski definition) is 1. The number of benzene rings is 1. The third kappa shape index (κ3) is 2.88. The molecule has 0 aliphatic rings. The van der Waals surface area contributed by atoms with Gasteiger partial charge in [-0.2, -0.15) is 8.78 Å². The number of halogens is 2. The van der Waals surface area contributed by atoms with Crippen LogP contribution in [-0.2, 0) is 6.54 Å². The van der Waals surface area contributed by atoms with Crippen molar-refractivity contribution in [2.75, 3.05) is 0 Å². The van der Waals surface area contributed by atoms with Crippen LogP contribution >= 0.6 is 0 Å². The van der Waals surface area contributed by atoms with Crippen molar-refractivity contribution >= 4 is 10.9 Å². The van der Waals surface area contributed by atoms with Crippen LogP contribution in [0.5, 0.6) is 0 Å². The van der Waals surface area contributed by atoms with Crippen molar-refractivity contribution in [2.45, 2.75) is 39.4 Å². The lowest BCUT2D eigenvalue weighted by molar-refractivity contribution is 0.0752. The van der Waals surface area contributed by atoms with Gasteiger partial charge in [0.05, 0.1) is 5.52 Å². The van der Waals surface area contributed by atoms with Gasteiger partial charge in [0.1, 0.15) is 0 Å². The lowest BCUT2D eigenvalue weighted by atomic mass is 10.1. The Hall–Kier alpha value is -1.42. The quantitative estimate of drug-likeness (QED) is 0.876. The Kier molecular flexibility index (Phi) is 3.39. The minimum atomic E-state index is -2.49. The molecule has 0 radical (unpaired) electrons. The number of nitrogens with one attached hydrogen (secondary N) is 1. The van der Waals surface area contributed by atoms with Crippen LogP contribution in [0.3, 0.4) is 0 Å². The van der Waals surface area contributed by atoms with Gasteiger partial charge in [-0.25, -0.2) is 0 Å². The van der Waals surface area contributed by atoms with E-state index in [1.54, 1.807) is 12.1 Å². The Morgan fingerprint density at radius 2 is 1.94 bits per heavy atom. The first-order valence-corrected chi connectivity index (χ1v) is 5.99. The summed E-state index contributed by atoms with van der Waals surface area (Å²) in [6.07, 6.45) is 1.43. The maximum Gasteiger partial charge on any atom is 0.319 e. The van der Waals surface area contributed by atoms with E-state index in [4.69, 9.17) is 0 Å². The van der Waals surface area contributed by atoms with E-state index in [0.717, 1.165) is 22.1 Å². The molecule has 4 heteroatoms. The molecule has 2 rings (SSSR count). The molecule has 1 aromatic carbocycles. The largest absolute Gasteiger partial charge is 0.319 e. The molecule has 0 saturated heterocycles. The van der Waals surface area contributed by atoms with Gasteiger partial charge in [0.15, 0.2) is 0 Å². The van der Waals surface area contributed by atoms with Crippen molar-refractivity contribution in [1.82, 2.24) is 9.88 Å². The number of hydrogen-bond donors (Lipinski definition) is 1. The number of nitrogens with zero attached hydrogens (tertiary/aromatic N) is 1. The normalized spacial score (nSPS) is 12.6. The lowest BCUT2D eigenvalue weighted by Gasteiger charge is -2.20. The average molecular weight is 252 g/mol. The zero-order valence-electron chi connectivity index (χ0n) is 10.9. The fourth-order valence-corrected chi connectivity index (χ4v) is 1.86. The highest BCUT2D eigenvalue weighted by molar-refractivity contribution is 5.80. The minimum absolute atomic E-state index is 0.0455. The highest BCUT2D eigenvalue weighted by Gasteiger charge is 2.11. The summed E-state index contributed by atoms with van der Waals surface area (Å²) in [6, 6.07) is 7.32. The lowest BCUT2D eigenvalue weighted by Crippen LogP contribution is -2.35. The molecule has 0 unspecified atom stereocenters. The monoisotopic (exact) mass is 252 g/mol. The molecule has 18 heavy (non-hydrogen) atoms. The number of alkyl halides is 2. The predicted octanol–water partition coefficient (Wildman–Crippen LogP) is 3.92. The molecule has 0 fully saturated rings. The summed E-state index contributed by atoms with van der Waals surface area (Å²) in [5.41, 5.74) is 1.72. The van der Waals surface area contributed by atoms with E-state index >= 15 is 0 Å². The standard InChI is InChI=1S/C14H18F2N2/c1-14(2,3)17-9-10-4-5-12-11(8-10)6-7-18(12)13(15)16/h4-8,13,17H,9H2,1-3H3. The van der Waals surface area contributed by atoms with E-state index in [9.17, 15) is 8.78 Å². The molecule has 98 valence electrons. The second-order valence-electron chi connectivity index (χ2n) is 5.50. The van der Waals surface area contributed by atoms with E-state index in [-0.39, 0.29) is 5.54 Å². The molecular formula is C14H18F2N2. The van der Waals surface area contributed by atoms with Crippen LogP contribution in [0.15, 0.2) is 30.5 Å². The summed E-state index contributed by atoms with van der Waals surface area (Å²) < 4.78 is 26.4. The second-order valence-corrected chi connectivity index (χ2v) is 5.50. The van der Waals surface area contributed by atoms with Crippen LogP contribution in [0.1, 0.15) is 32.9 Å². The molecule has 0 amide bonds. The van der Waals surface area contributed by atoms with E-state index in [1.165, 1.54) is 6.20 Å². The molecule has 2 aromatic rings. The molecule has 0 spiro atoms. The van der Waals surface area contributed by atoms with Gasteiger partial charge in [-0.3, -0.25) is 4.57 Å². The van der Waals surface area contributed by atoms with Crippen LogP contribution in [0.4, 0.5) is 8.78 Å². The summed E-state index contributed by atoms with van der Waals surface area (Å²) in [5, 5.41) is 4.23. The number of rotatable bonds is 3. The van der Waals surface area contributed by atoms with Gasteiger partial charge in [-0.1, -0.05) is 6.07 Å². The third-order valence-corrected chi connectivity index (χ3v) is 2.82. The maximum absolute atomic E-state index is 12.7. The highest BCUT2D eigenvalue weighted by Crippen LogP contribution is 2.23. The fraction of sp³-hybridized carbons (Fsp3) is 0.429. The van der Waals surface area contributed by atoms with E-state index in [1.807, 2.05) is 12.1 Å². The van der Waals surface area contributed by atoms with Gasteiger partial charge in [0, 0.05) is 23.7 Å². The summed E-state index contributed by atoms with van der Waals surface area (Å²) in [7, 11) is 0. The van der Waals surface area contributed by atoms with Crippen molar-refractivity contribution in [3.05, 3.63) is 36.0 Å². The van der Waals surface area contributed by atoms with Gasteiger partial charge < -0.3 is 5.32 Å². The number of fused-ring (bicyclic) bond motifs is 1. The van der Waals surface area contributed by atoms with E-state index in [2.05, 4.69) is 26.1 Å². The Morgan fingerprint density at radius 1 is 1.22 bits per heavy atom. The minimum Gasteiger partial charge on any atom is -0.308 e. The van der Waals surface area contributed by atoms with Gasteiger partial charge in [-0.15, -0.1) is 0 Å². The van der Waals surface area contributed by atoms with Crippen molar-refractivity contribution in [3.8, 4) is 0 Å². The van der Waals surface area contributed by atoms with E-state index < -0.39 is 6.55 Å². The van der Waals surface area contributed by atoms with Crippen LogP contribution in [0.2, 0.25) is 0 Å². The molecule has 1 heterocycles. The first-order valence-electron chi connectivity index (χ1n) is 5.99. The smallest absolute Gasteiger partial charge is 0.308 e. The Morgan fingerprint density at radius 3 is 2.56 bits per heavy atom. The predicted molar refractivity (Wildman–Crippen MR) is 69.8 cm³/mol. The molecule has 0 saturated carbocycles.